The molecule has 0 amide bonds. The Hall–Kier alpha value is -2.40. The molecule has 2 aromatic rings. The van der Waals surface area contributed by atoms with E-state index in [1.54, 1.807) is 0 Å². The highest BCUT2D eigenvalue weighted by Gasteiger charge is 2.15. The van der Waals surface area contributed by atoms with Crippen LogP contribution in [0.3, 0.4) is 0 Å². The number of hydrogen-bond donors (Lipinski definition) is 0. The molecule has 0 spiro atoms. The minimum absolute atomic E-state index is 0.430. The van der Waals surface area contributed by atoms with E-state index in [4.69, 9.17) is 10.3 Å². The van der Waals surface area contributed by atoms with Gasteiger partial charge in [0.15, 0.2) is 0 Å². The monoisotopic (exact) mass is 288 g/mol. The molecule has 0 aliphatic heterocycles. The number of nitriles is 1. The first-order valence-electron chi connectivity index (χ1n) is 8.00. The van der Waals surface area contributed by atoms with Crippen LogP contribution in [0.5, 0.6) is 0 Å². The van der Waals surface area contributed by atoms with E-state index in [1.165, 1.54) is 32.1 Å². The first-order chi connectivity index (χ1) is 10.9. The van der Waals surface area contributed by atoms with Gasteiger partial charge in [-0.15, -0.1) is 0 Å². The van der Waals surface area contributed by atoms with Gasteiger partial charge >= 0.3 is 0 Å². The molecule has 0 bridgehead atoms. The van der Waals surface area contributed by atoms with Crippen molar-refractivity contribution >= 4 is 5.71 Å². The Labute approximate surface area is 132 Å². The van der Waals surface area contributed by atoms with Crippen molar-refractivity contribution in [2.45, 2.75) is 38.1 Å². The van der Waals surface area contributed by atoms with E-state index in [1.807, 2.05) is 30.3 Å². The van der Waals surface area contributed by atoms with Crippen LogP contribution in [-0.4, -0.2) is 11.8 Å². The highest BCUT2D eigenvalue weighted by molar-refractivity contribution is 6.13. The lowest BCUT2D eigenvalue weighted by Gasteiger charge is -2.20. The summed E-state index contributed by atoms with van der Waals surface area (Å²) in [5, 5.41) is 8.96. The maximum absolute atomic E-state index is 8.96. The number of nitrogens with zero attached hydrogens (tertiary/aromatic N) is 2. The second-order valence-electron chi connectivity index (χ2n) is 5.82. The van der Waals surface area contributed by atoms with Crippen molar-refractivity contribution in [2.75, 3.05) is 0 Å². The van der Waals surface area contributed by atoms with Crippen LogP contribution >= 0.6 is 0 Å². The second kappa shape index (κ2) is 7.04. The van der Waals surface area contributed by atoms with Crippen LogP contribution in [0.15, 0.2) is 59.6 Å². The molecule has 0 aromatic heterocycles. The van der Waals surface area contributed by atoms with Crippen LogP contribution in [0.25, 0.3) is 0 Å². The molecule has 22 heavy (non-hydrogen) atoms. The van der Waals surface area contributed by atoms with Crippen molar-refractivity contribution in [2.24, 2.45) is 4.99 Å². The van der Waals surface area contributed by atoms with Crippen molar-refractivity contribution in [1.82, 2.24) is 0 Å². The zero-order chi connectivity index (χ0) is 15.2. The van der Waals surface area contributed by atoms with E-state index < -0.39 is 0 Å². The molecule has 0 atom stereocenters. The summed E-state index contributed by atoms with van der Waals surface area (Å²) < 4.78 is 0. The molecule has 1 aliphatic carbocycles. The normalized spacial score (nSPS) is 16.2. The molecule has 1 aliphatic rings. The van der Waals surface area contributed by atoms with Crippen molar-refractivity contribution in [1.29, 1.82) is 5.26 Å². The lowest BCUT2D eigenvalue weighted by Crippen LogP contribution is -2.14. The topological polar surface area (TPSA) is 36.1 Å². The quantitative estimate of drug-likeness (QED) is 0.752. The minimum atomic E-state index is 0.430. The molecule has 0 N–H and O–H groups in total. The van der Waals surface area contributed by atoms with Gasteiger partial charge in [-0.1, -0.05) is 61.7 Å². The Bertz CT molecular complexity index is 672. The molecule has 0 saturated heterocycles. The van der Waals surface area contributed by atoms with Crippen molar-refractivity contribution < 1.29 is 0 Å². The summed E-state index contributed by atoms with van der Waals surface area (Å²) in [6.07, 6.45) is 6.27. The maximum atomic E-state index is 8.96. The number of hydrogen-bond acceptors (Lipinski definition) is 2. The third-order valence-electron chi connectivity index (χ3n) is 4.22. The van der Waals surface area contributed by atoms with Crippen LogP contribution < -0.4 is 0 Å². The van der Waals surface area contributed by atoms with Gasteiger partial charge in [0.1, 0.15) is 0 Å². The molecule has 1 fully saturated rings. The summed E-state index contributed by atoms with van der Waals surface area (Å²) in [6.45, 7) is 0. The fourth-order valence-corrected chi connectivity index (χ4v) is 3.01. The number of aliphatic imine (C=N–C) groups is 1. The smallest absolute Gasteiger partial charge is 0.0991 e. The van der Waals surface area contributed by atoms with Crippen LogP contribution in [0, 0.1) is 11.3 Å². The Balaban J connectivity index is 1.98. The molecule has 0 unspecified atom stereocenters. The van der Waals surface area contributed by atoms with E-state index in [9.17, 15) is 0 Å². The lowest BCUT2D eigenvalue weighted by atomic mass is 9.94. The molecule has 2 aromatic carbocycles. The minimum Gasteiger partial charge on any atom is -0.281 e. The number of benzene rings is 2. The van der Waals surface area contributed by atoms with Gasteiger partial charge in [0, 0.05) is 11.1 Å². The summed E-state index contributed by atoms with van der Waals surface area (Å²) in [7, 11) is 0. The Morgan fingerprint density at radius 1 is 0.864 bits per heavy atom. The Morgan fingerprint density at radius 3 is 2.14 bits per heavy atom. The maximum Gasteiger partial charge on any atom is 0.0991 e. The second-order valence-corrected chi connectivity index (χ2v) is 5.82. The standard InChI is InChI=1S/C20H20N2/c21-15-16-11-13-18(14-12-16)20(17-7-3-1-4-8-17)22-19-9-5-2-6-10-19/h1,3-4,7-8,11-14,19H,2,5-6,9-10H2. The fraction of sp³-hybridized carbons (Fsp3) is 0.300. The molecule has 2 heteroatoms. The van der Waals surface area contributed by atoms with E-state index in [2.05, 4.69) is 30.3 Å². The lowest BCUT2D eigenvalue weighted by molar-refractivity contribution is 0.443. The average molecular weight is 288 g/mol. The molecular weight excluding hydrogens is 268 g/mol. The van der Waals surface area contributed by atoms with Crippen LogP contribution in [-0.2, 0) is 0 Å². The molecule has 3 rings (SSSR count). The average Bonchev–Trinajstić information content (AvgIpc) is 2.61. The molecule has 110 valence electrons. The fourth-order valence-electron chi connectivity index (χ4n) is 3.01. The highest BCUT2D eigenvalue weighted by atomic mass is 14.8. The summed E-state index contributed by atoms with van der Waals surface area (Å²) in [5.41, 5.74) is 3.99. The largest absolute Gasteiger partial charge is 0.281 e. The molecular formula is C20H20N2. The predicted octanol–water partition coefficient (Wildman–Crippen LogP) is 4.73. The number of rotatable bonds is 3. The van der Waals surface area contributed by atoms with Crippen molar-refractivity contribution in [3.8, 4) is 6.07 Å². The summed E-state index contributed by atoms with van der Waals surface area (Å²) in [5.74, 6) is 0. The molecule has 1 saturated carbocycles. The van der Waals surface area contributed by atoms with Gasteiger partial charge in [-0.25, -0.2) is 0 Å². The van der Waals surface area contributed by atoms with Gasteiger partial charge in [-0.3, -0.25) is 4.99 Å². The van der Waals surface area contributed by atoms with Gasteiger partial charge in [0.05, 0.1) is 23.4 Å². The summed E-state index contributed by atoms with van der Waals surface area (Å²) >= 11 is 0. The van der Waals surface area contributed by atoms with Crippen LogP contribution in [0.1, 0.15) is 48.8 Å². The SMILES string of the molecule is N#Cc1ccc(C(=NC2CCCCC2)c2ccccc2)cc1. The van der Waals surface area contributed by atoms with Gasteiger partial charge in [-0.05, 0) is 25.0 Å². The Morgan fingerprint density at radius 2 is 1.50 bits per heavy atom. The molecule has 0 radical (unpaired) electrons. The van der Waals surface area contributed by atoms with Crippen molar-refractivity contribution in [3.63, 3.8) is 0 Å². The third kappa shape index (κ3) is 3.43. The van der Waals surface area contributed by atoms with E-state index >= 15 is 0 Å². The van der Waals surface area contributed by atoms with Gasteiger partial charge in [0.2, 0.25) is 0 Å². The van der Waals surface area contributed by atoms with Gasteiger partial charge in [-0.2, -0.15) is 5.26 Å². The van der Waals surface area contributed by atoms with Crippen LogP contribution in [0.4, 0.5) is 0 Å². The molecule has 2 nitrogen and oxygen atoms in total. The predicted molar refractivity (Wildman–Crippen MR) is 90.1 cm³/mol. The Kier molecular flexibility index (Phi) is 4.65. The van der Waals surface area contributed by atoms with E-state index in [0.717, 1.165) is 16.8 Å². The van der Waals surface area contributed by atoms with Crippen molar-refractivity contribution in [3.05, 3.63) is 71.3 Å². The van der Waals surface area contributed by atoms with Crippen LogP contribution in [0.2, 0.25) is 0 Å². The van der Waals surface area contributed by atoms with E-state index in [-0.39, 0.29) is 0 Å². The highest BCUT2D eigenvalue weighted by Crippen LogP contribution is 2.22. The van der Waals surface area contributed by atoms with E-state index in [0.29, 0.717) is 11.6 Å². The van der Waals surface area contributed by atoms with Gasteiger partial charge < -0.3 is 0 Å². The first-order valence-corrected chi connectivity index (χ1v) is 8.00. The zero-order valence-electron chi connectivity index (χ0n) is 12.7. The van der Waals surface area contributed by atoms with Gasteiger partial charge in [0.25, 0.3) is 0 Å². The molecule has 0 heterocycles. The summed E-state index contributed by atoms with van der Waals surface area (Å²) in [6, 6.07) is 20.7. The zero-order valence-corrected chi connectivity index (χ0v) is 12.7. The first kappa shape index (κ1) is 14.5. The summed E-state index contributed by atoms with van der Waals surface area (Å²) in [4.78, 5) is 5.07. The third-order valence-corrected chi connectivity index (χ3v) is 4.22.